The molecule has 120 valence electrons. The van der Waals surface area contributed by atoms with Crippen LogP contribution in [0.15, 0.2) is 41.3 Å². The van der Waals surface area contributed by atoms with Crippen LogP contribution in [-0.4, -0.2) is 14.3 Å². The van der Waals surface area contributed by atoms with Gasteiger partial charge in [-0.15, -0.1) is 0 Å². The van der Waals surface area contributed by atoms with Crippen LogP contribution in [0.2, 0.25) is 5.02 Å². The second-order valence-corrected chi connectivity index (χ2v) is 7.31. The number of hydrogen-bond acceptors (Lipinski definition) is 3. The Morgan fingerprint density at radius 2 is 2.00 bits per heavy atom. The van der Waals surface area contributed by atoms with E-state index in [0.29, 0.717) is 11.3 Å². The molecule has 0 bridgehead atoms. The summed E-state index contributed by atoms with van der Waals surface area (Å²) in [6.45, 7) is -0.195. The van der Waals surface area contributed by atoms with Crippen LogP contribution in [0.25, 0.3) is 0 Å². The Hall–Kier alpha value is -1.96. The lowest BCUT2D eigenvalue weighted by atomic mass is 10.2. The highest BCUT2D eigenvalue weighted by atomic mass is 35.5. The number of nitrogens with one attached hydrogen (secondary N) is 2. The van der Waals surface area contributed by atoms with E-state index in [4.69, 9.17) is 11.6 Å². The molecule has 8 heteroatoms. The number of carbonyl (C=O) groups excluding carboxylic acids is 1. The first-order valence-corrected chi connectivity index (χ1v) is 8.58. The normalized spacial score (nSPS) is 13.7. The Morgan fingerprint density at radius 1 is 1.22 bits per heavy atom. The van der Waals surface area contributed by atoms with Crippen molar-refractivity contribution in [2.24, 2.45) is 0 Å². The summed E-state index contributed by atoms with van der Waals surface area (Å²) in [6, 6.07) is 8.40. The zero-order valence-electron chi connectivity index (χ0n) is 11.8. The highest BCUT2D eigenvalue weighted by Gasteiger charge is 2.22. The van der Waals surface area contributed by atoms with E-state index in [9.17, 15) is 17.6 Å². The van der Waals surface area contributed by atoms with Gasteiger partial charge in [0.1, 0.15) is 5.82 Å². The van der Waals surface area contributed by atoms with Crippen LogP contribution in [-0.2, 0) is 27.8 Å². The fourth-order valence-corrected chi connectivity index (χ4v) is 3.51. The maximum atomic E-state index is 13.7. The monoisotopic (exact) mass is 354 g/mol. The van der Waals surface area contributed by atoms with Gasteiger partial charge in [0, 0.05) is 22.8 Å². The molecule has 3 rings (SSSR count). The second-order valence-electron chi connectivity index (χ2n) is 5.10. The summed E-state index contributed by atoms with van der Waals surface area (Å²) in [5.74, 6) is -0.755. The van der Waals surface area contributed by atoms with Crippen molar-refractivity contribution in [3.05, 3.63) is 58.4 Å². The Kier molecular flexibility index (Phi) is 4.09. The van der Waals surface area contributed by atoms with Gasteiger partial charge in [-0.1, -0.05) is 17.7 Å². The van der Waals surface area contributed by atoms with Crippen LogP contribution in [0.5, 0.6) is 0 Å². The van der Waals surface area contributed by atoms with Crippen molar-refractivity contribution in [3.63, 3.8) is 0 Å². The first kappa shape index (κ1) is 15.9. The van der Waals surface area contributed by atoms with E-state index in [2.05, 4.69) is 10.0 Å². The molecule has 1 amide bonds. The molecule has 0 radical (unpaired) electrons. The van der Waals surface area contributed by atoms with Crippen LogP contribution >= 0.6 is 11.6 Å². The summed E-state index contributed by atoms with van der Waals surface area (Å²) >= 11 is 5.66. The van der Waals surface area contributed by atoms with Crippen molar-refractivity contribution >= 4 is 33.2 Å². The molecule has 2 aromatic carbocycles. The summed E-state index contributed by atoms with van der Waals surface area (Å²) in [4.78, 5) is 11.3. The minimum atomic E-state index is -3.81. The van der Waals surface area contributed by atoms with E-state index in [-0.39, 0.29) is 34.4 Å². The molecular formula is C15H12ClFN2O3S. The van der Waals surface area contributed by atoms with Crippen LogP contribution in [0.3, 0.4) is 0 Å². The van der Waals surface area contributed by atoms with Crippen LogP contribution in [0.1, 0.15) is 11.1 Å². The van der Waals surface area contributed by atoms with Crippen LogP contribution in [0.4, 0.5) is 10.1 Å². The summed E-state index contributed by atoms with van der Waals surface area (Å²) in [7, 11) is -3.81. The van der Waals surface area contributed by atoms with Gasteiger partial charge in [-0.25, -0.2) is 17.5 Å². The number of carbonyl (C=O) groups is 1. The number of rotatable bonds is 4. The minimum Gasteiger partial charge on any atom is -0.326 e. The van der Waals surface area contributed by atoms with Crippen molar-refractivity contribution in [1.29, 1.82) is 0 Å². The number of benzene rings is 2. The number of sulfonamides is 1. The van der Waals surface area contributed by atoms with E-state index in [1.807, 2.05) is 0 Å². The van der Waals surface area contributed by atoms with Crippen molar-refractivity contribution in [3.8, 4) is 0 Å². The molecule has 0 aromatic heterocycles. The van der Waals surface area contributed by atoms with Gasteiger partial charge in [-0.05, 0) is 35.9 Å². The topological polar surface area (TPSA) is 75.3 Å². The van der Waals surface area contributed by atoms with Gasteiger partial charge in [-0.2, -0.15) is 0 Å². The molecule has 0 aliphatic carbocycles. The second kappa shape index (κ2) is 5.92. The molecule has 0 fully saturated rings. The maximum absolute atomic E-state index is 13.7. The standard InChI is InChI=1S/C15H12ClFN2O3S/c16-11-2-1-9(13(17)7-11)8-18-23(21,22)12-3-4-14-10(5-12)6-15(20)19-14/h1-5,7,18H,6,8H2,(H,19,20). The molecule has 1 heterocycles. The average molecular weight is 355 g/mol. The largest absolute Gasteiger partial charge is 0.326 e. The zero-order valence-corrected chi connectivity index (χ0v) is 13.3. The molecular weight excluding hydrogens is 343 g/mol. The quantitative estimate of drug-likeness (QED) is 0.885. The molecule has 0 spiro atoms. The number of halogens is 2. The number of hydrogen-bond donors (Lipinski definition) is 2. The summed E-state index contributed by atoms with van der Waals surface area (Å²) < 4.78 is 40.6. The molecule has 1 aliphatic heterocycles. The van der Waals surface area contributed by atoms with Gasteiger partial charge in [0.15, 0.2) is 0 Å². The molecule has 0 atom stereocenters. The Labute approximate surface area is 137 Å². The van der Waals surface area contributed by atoms with Crippen molar-refractivity contribution in [2.45, 2.75) is 17.9 Å². The lowest BCUT2D eigenvalue weighted by molar-refractivity contribution is -0.115. The highest BCUT2D eigenvalue weighted by Crippen LogP contribution is 2.26. The highest BCUT2D eigenvalue weighted by molar-refractivity contribution is 7.89. The SMILES string of the molecule is O=C1Cc2cc(S(=O)(=O)NCc3ccc(Cl)cc3F)ccc2N1. The smallest absolute Gasteiger partial charge is 0.240 e. The van der Waals surface area contributed by atoms with Crippen LogP contribution in [0, 0.1) is 5.82 Å². The summed E-state index contributed by atoms with van der Waals surface area (Å²) in [5.41, 5.74) is 1.42. The summed E-state index contributed by atoms with van der Waals surface area (Å²) in [5, 5.41) is 2.87. The van der Waals surface area contributed by atoms with Gasteiger partial charge in [0.05, 0.1) is 11.3 Å². The predicted molar refractivity (Wildman–Crippen MR) is 84.2 cm³/mol. The Bertz CT molecular complexity index is 900. The van der Waals surface area contributed by atoms with Gasteiger partial charge in [-0.3, -0.25) is 4.79 Å². The van der Waals surface area contributed by atoms with Crippen molar-refractivity contribution in [1.82, 2.24) is 4.72 Å². The van der Waals surface area contributed by atoms with Gasteiger partial charge in [0.25, 0.3) is 0 Å². The van der Waals surface area contributed by atoms with E-state index in [1.165, 1.54) is 30.3 Å². The van der Waals surface area contributed by atoms with E-state index in [0.717, 1.165) is 6.07 Å². The molecule has 0 unspecified atom stereocenters. The number of amides is 1. The maximum Gasteiger partial charge on any atom is 0.240 e. The first-order chi connectivity index (χ1) is 10.8. The Balaban J connectivity index is 1.80. The average Bonchev–Trinajstić information content (AvgIpc) is 2.85. The van der Waals surface area contributed by atoms with Crippen LogP contribution < -0.4 is 10.0 Å². The fraction of sp³-hybridized carbons (Fsp3) is 0.133. The fourth-order valence-electron chi connectivity index (χ4n) is 2.29. The van der Waals surface area contributed by atoms with E-state index < -0.39 is 15.8 Å². The lowest BCUT2D eigenvalue weighted by Gasteiger charge is -2.09. The molecule has 5 nitrogen and oxygen atoms in total. The van der Waals surface area contributed by atoms with E-state index >= 15 is 0 Å². The number of anilines is 1. The molecule has 1 aliphatic rings. The Morgan fingerprint density at radius 3 is 2.74 bits per heavy atom. The third-order valence-electron chi connectivity index (χ3n) is 3.48. The van der Waals surface area contributed by atoms with Gasteiger partial charge < -0.3 is 5.32 Å². The van der Waals surface area contributed by atoms with Crippen molar-refractivity contribution < 1.29 is 17.6 Å². The van der Waals surface area contributed by atoms with Gasteiger partial charge >= 0.3 is 0 Å². The molecule has 2 aromatic rings. The van der Waals surface area contributed by atoms with E-state index in [1.54, 1.807) is 0 Å². The third kappa shape index (κ3) is 3.36. The predicted octanol–water partition coefficient (Wildman–Crippen LogP) is 2.45. The number of fused-ring (bicyclic) bond motifs is 1. The molecule has 23 heavy (non-hydrogen) atoms. The molecule has 0 saturated heterocycles. The zero-order chi connectivity index (χ0) is 16.6. The lowest BCUT2D eigenvalue weighted by Crippen LogP contribution is -2.23. The summed E-state index contributed by atoms with van der Waals surface area (Å²) in [6.07, 6.45) is 0.143. The van der Waals surface area contributed by atoms with Crippen molar-refractivity contribution in [2.75, 3.05) is 5.32 Å². The minimum absolute atomic E-state index is 0.0297. The third-order valence-corrected chi connectivity index (χ3v) is 5.11. The van der Waals surface area contributed by atoms with Gasteiger partial charge in [0.2, 0.25) is 15.9 Å². The first-order valence-electron chi connectivity index (χ1n) is 6.71. The molecule has 2 N–H and O–H groups in total. The molecule has 0 saturated carbocycles.